The Morgan fingerprint density at radius 1 is 1.05 bits per heavy atom. The number of carbonyl (C=O) groups excluding carboxylic acids is 1. The molecular weight excluding hydrogens is 484 g/mol. The summed E-state index contributed by atoms with van der Waals surface area (Å²) in [5.74, 6) is 0.00926. The number of benzene rings is 2. The molecule has 2 aromatic carbocycles. The van der Waals surface area contributed by atoms with Crippen LogP contribution in [0.15, 0.2) is 59.9 Å². The molecule has 10 heteroatoms. The molecule has 3 aromatic rings. The van der Waals surface area contributed by atoms with Gasteiger partial charge in [-0.3, -0.25) is 0 Å². The molecule has 1 aliphatic heterocycles. The molecule has 1 aliphatic rings. The predicted octanol–water partition coefficient (Wildman–Crippen LogP) is 4.02. The molecule has 10 nitrogen and oxygen atoms in total. The van der Waals surface area contributed by atoms with Crippen molar-refractivity contribution in [3.05, 3.63) is 59.9 Å². The lowest BCUT2D eigenvalue weighted by molar-refractivity contribution is -0.139. The lowest BCUT2D eigenvalue weighted by Gasteiger charge is -2.38. The van der Waals surface area contributed by atoms with Crippen molar-refractivity contribution in [1.29, 1.82) is 0 Å². The third-order valence-corrected chi connectivity index (χ3v) is 6.27. The van der Waals surface area contributed by atoms with Crippen LogP contribution in [0.25, 0.3) is 22.5 Å². The summed E-state index contributed by atoms with van der Waals surface area (Å²) in [6.07, 6.45) is 1.55. The average Bonchev–Trinajstić information content (AvgIpc) is 3.54. The van der Waals surface area contributed by atoms with Gasteiger partial charge in [0.1, 0.15) is 11.3 Å². The van der Waals surface area contributed by atoms with Gasteiger partial charge in [-0.15, -0.1) is 10.2 Å². The summed E-state index contributed by atoms with van der Waals surface area (Å²) in [4.78, 5) is 15.3. The topological polar surface area (TPSA) is 125 Å². The van der Waals surface area contributed by atoms with Gasteiger partial charge in [-0.25, -0.2) is 4.79 Å². The second kappa shape index (κ2) is 11.3. The van der Waals surface area contributed by atoms with Gasteiger partial charge in [0.15, 0.2) is 5.70 Å². The minimum absolute atomic E-state index is 0.272. The van der Waals surface area contributed by atoms with E-state index in [1.54, 1.807) is 13.8 Å². The molecule has 202 valence electrons. The minimum Gasteiger partial charge on any atom is -0.461 e. The van der Waals surface area contributed by atoms with E-state index in [0.717, 1.165) is 28.8 Å². The van der Waals surface area contributed by atoms with Crippen LogP contribution in [0.3, 0.4) is 0 Å². The van der Waals surface area contributed by atoms with E-state index >= 15 is 0 Å². The van der Waals surface area contributed by atoms with Crippen molar-refractivity contribution in [2.45, 2.75) is 58.7 Å². The number of rotatable bonds is 11. The average molecular weight is 521 g/mol. The Morgan fingerprint density at radius 3 is 2.34 bits per heavy atom. The normalized spacial score (nSPS) is 17.6. The number of aliphatic hydroxyl groups is 1. The van der Waals surface area contributed by atoms with Crippen LogP contribution >= 0.6 is 0 Å². The highest BCUT2D eigenvalue weighted by molar-refractivity contribution is 5.96. The first kappa shape index (κ1) is 27.3. The Balaban J connectivity index is 1.78. The number of ether oxygens (including phenoxy) is 2. The third kappa shape index (κ3) is 5.56. The molecule has 38 heavy (non-hydrogen) atoms. The van der Waals surface area contributed by atoms with E-state index in [1.165, 1.54) is 0 Å². The van der Waals surface area contributed by atoms with E-state index in [2.05, 4.69) is 25.9 Å². The first-order valence-electron chi connectivity index (χ1n) is 12.9. The molecule has 1 atom stereocenters. The van der Waals surface area contributed by atoms with Crippen molar-refractivity contribution in [3.63, 3.8) is 0 Å². The number of aromatic amines is 1. The number of H-pyrrole nitrogens is 1. The van der Waals surface area contributed by atoms with Crippen LogP contribution in [-0.2, 0) is 14.3 Å². The number of nitrogens with zero attached hydrogens (tertiary/aromatic N) is 4. The fourth-order valence-corrected chi connectivity index (χ4v) is 4.57. The molecule has 0 spiro atoms. The number of hydrogen-bond donors (Lipinski definition) is 3. The fourth-order valence-electron chi connectivity index (χ4n) is 4.57. The summed E-state index contributed by atoms with van der Waals surface area (Å²) >= 11 is 0. The maximum absolute atomic E-state index is 13.4. The first-order valence-corrected chi connectivity index (χ1v) is 12.9. The fraction of sp³-hybridized carbons (Fsp3) is 0.429. The second-order valence-electron chi connectivity index (χ2n) is 10.0. The number of anilines is 1. The minimum atomic E-state index is -1.31. The Labute approximate surface area is 223 Å². The zero-order valence-electron chi connectivity index (χ0n) is 22.6. The summed E-state index contributed by atoms with van der Waals surface area (Å²) in [6, 6.07) is 15.7. The summed E-state index contributed by atoms with van der Waals surface area (Å²) < 4.78 is 11.5. The lowest BCUT2D eigenvalue weighted by atomic mass is 9.98. The van der Waals surface area contributed by atoms with Gasteiger partial charge in [0.05, 0.1) is 18.9 Å². The zero-order valence-corrected chi connectivity index (χ0v) is 22.6. The highest BCUT2D eigenvalue weighted by Gasteiger charge is 2.49. The molecule has 0 fully saturated rings. The van der Waals surface area contributed by atoms with E-state index < -0.39 is 17.2 Å². The monoisotopic (exact) mass is 520 g/mol. The van der Waals surface area contributed by atoms with Crippen molar-refractivity contribution >= 4 is 11.7 Å². The van der Waals surface area contributed by atoms with E-state index in [1.807, 2.05) is 74.2 Å². The van der Waals surface area contributed by atoms with Crippen molar-refractivity contribution < 1.29 is 19.4 Å². The zero-order chi connectivity index (χ0) is 27.3. The van der Waals surface area contributed by atoms with Crippen LogP contribution < -0.4 is 10.2 Å². The van der Waals surface area contributed by atoms with Gasteiger partial charge in [-0.1, -0.05) is 50.2 Å². The van der Waals surface area contributed by atoms with Gasteiger partial charge in [-0.05, 0) is 62.1 Å². The van der Waals surface area contributed by atoms with Crippen molar-refractivity contribution in [1.82, 2.24) is 25.9 Å². The SMILES string of the molecule is CCCOCC1(C)NC(C(C)(C)O)=C(C(=O)OCCC)N1c1ccc(-c2ccccc2-c2nn[nH]n2)cc1. The molecule has 0 aliphatic carbocycles. The standard InChI is InChI=1S/C28H36N6O4/c1-6-16-37-18-28(5)29-24(27(3,4)36)23(26(35)38-17-7-2)34(28)20-14-12-19(13-15-20)21-10-8-9-11-22(21)25-30-32-33-31-25/h8-15,29,36H,6-7,16-18H2,1-5H3,(H,30,31,32,33). The summed E-state index contributed by atoms with van der Waals surface area (Å²) in [6.45, 7) is 10.4. The molecule has 2 heterocycles. The number of tetrazole rings is 1. The van der Waals surface area contributed by atoms with Gasteiger partial charge < -0.3 is 24.8 Å². The maximum Gasteiger partial charge on any atom is 0.356 e. The number of nitrogens with one attached hydrogen (secondary N) is 2. The summed E-state index contributed by atoms with van der Waals surface area (Å²) in [5.41, 5.74) is 2.02. The molecule has 1 unspecified atom stereocenters. The quantitative estimate of drug-likeness (QED) is 0.254. The number of aromatic nitrogens is 4. The first-order chi connectivity index (χ1) is 18.2. The van der Waals surface area contributed by atoms with Crippen LogP contribution in [0.1, 0.15) is 47.5 Å². The largest absolute Gasteiger partial charge is 0.461 e. The van der Waals surface area contributed by atoms with Crippen LogP contribution in [0.2, 0.25) is 0 Å². The molecule has 0 radical (unpaired) electrons. The molecule has 0 saturated carbocycles. The second-order valence-corrected chi connectivity index (χ2v) is 10.0. The smallest absolute Gasteiger partial charge is 0.356 e. The number of esters is 1. The predicted molar refractivity (Wildman–Crippen MR) is 145 cm³/mol. The molecule has 4 rings (SSSR count). The molecule has 3 N–H and O–H groups in total. The van der Waals surface area contributed by atoms with E-state index in [0.29, 0.717) is 24.5 Å². The van der Waals surface area contributed by atoms with Crippen LogP contribution in [0.5, 0.6) is 0 Å². The summed E-state index contributed by atoms with van der Waals surface area (Å²) in [7, 11) is 0. The Kier molecular flexibility index (Phi) is 8.13. The van der Waals surface area contributed by atoms with Crippen LogP contribution in [0, 0.1) is 0 Å². The number of hydrogen-bond acceptors (Lipinski definition) is 9. The molecular formula is C28H36N6O4. The van der Waals surface area contributed by atoms with Crippen molar-refractivity contribution in [2.75, 3.05) is 24.7 Å². The highest BCUT2D eigenvalue weighted by atomic mass is 16.5. The van der Waals surface area contributed by atoms with Gasteiger partial charge in [0, 0.05) is 17.9 Å². The van der Waals surface area contributed by atoms with Gasteiger partial charge in [0.25, 0.3) is 0 Å². The molecule has 0 saturated heterocycles. The third-order valence-electron chi connectivity index (χ3n) is 6.27. The molecule has 0 bridgehead atoms. The van der Waals surface area contributed by atoms with E-state index in [-0.39, 0.29) is 18.9 Å². The van der Waals surface area contributed by atoms with Crippen LogP contribution in [0.4, 0.5) is 5.69 Å². The molecule has 0 amide bonds. The van der Waals surface area contributed by atoms with E-state index in [4.69, 9.17) is 9.47 Å². The van der Waals surface area contributed by atoms with Crippen molar-refractivity contribution in [3.8, 4) is 22.5 Å². The maximum atomic E-state index is 13.4. The Morgan fingerprint density at radius 2 is 1.74 bits per heavy atom. The highest BCUT2D eigenvalue weighted by Crippen LogP contribution is 2.40. The summed E-state index contributed by atoms with van der Waals surface area (Å²) in [5, 5.41) is 28.9. The molecule has 1 aromatic heterocycles. The van der Waals surface area contributed by atoms with Gasteiger partial charge >= 0.3 is 5.97 Å². The van der Waals surface area contributed by atoms with Crippen LogP contribution in [-0.4, -0.2) is 62.8 Å². The Bertz CT molecular complexity index is 1270. The Hall–Kier alpha value is -3.76. The van der Waals surface area contributed by atoms with Crippen molar-refractivity contribution in [2.24, 2.45) is 0 Å². The number of carbonyl (C=O) groups is 1. The van der Waals surface area contributed by atoms with Gasteiger partial charge in [0.2, 0.25) is 5.82 Å². The van der Waals surface area contributed by atoms with Gasteiger partial charge in [-0.2, -0.15) is 5.21 Å². The lowest BCUT2D eigenvalue weighted by Crippen LogP contribution is -2.55. The van der Waals surface area contributed by atoms with E-state index in [9.17, 15) is 9.90 Å².